The molecule has 2 rings (SSSR count). The molecule has 1 aromatic rings. The van der Waals surface area contributed by atoms with E-state index in [2.05, 4.69) is 48.1 Å². The van der Waals surface area contributed by atoms with Gasteiger partial charge in [0, 0.05) is 22.1 Å². The zero-order valence-corrected chi connectivity index (χ0v) is 15.0. The molecule has 1 N–H and O–H groups in total. The predicted molar refractivity (Wildman–Crippen MR) is 91.1 cm³/mol. The summed E-state index contributed by atoms with van der Waals surface area (Å²) in [4.78, 5) is 0. The highest BCUT2D eigenvalue weighted by Crippen LogP contribution is 2.34. The third kappa shape index (κ3) is 4.22. The van der Waals surface area contributed by atoms with Crippen LogP contribution in [0.2, 0.25) is 5.02 Å². The Labute approximate surface area is 136 Å². The van der Waals surface area contributed by atoms with Crippen molar-refractivity contribution in [2.75, 3.05) is 0 Å². The van der Waals surface area contributed by atoms with Crippen molar-refractivity contribution in [2.45, 2.75) is 52.6 Å². The topological polar surface area (TPSA) is 12.0 Å². The van der Waals surface area contributed by atoms with Crippen LogP contribution in [0.3, 0.4) is 0 Å². The molecule has 0 spiro atoms. The van der Waals surface area contributed by atoms with E-state index in [4.69, 9.17) is 11.6 Å². The second kappa shape index (κ2) is 7.29. The molecule has 112 valence electrons. The maximum atomic E-state index is 6.28. The van der Waals surface area contributed by atoms with Crippen LogP contribution in [0.5, 0.6) is 0 Å². The van der Waals surface area contributed by atoms with E-state index in [0.29, 0.717) is 6.04 Å². The minimum absolute atomic E-state index is 0.619. The average molecular weight is 359 g/mol. The number of hydrogen-bond acceptors (Lipinski definition) is 1. The average Bonchev–Trinajstić information content (AvgIpc) is 2.39. The molecule has 20 heavy (non-hydrogen) atoms. The summed E-state index contributed by atoms with van der Waals surface area (Å²) in [6.07, 6.45) is 4.01. The molecule has 0 aromatic heterocycles. The van der Waals surface area contributed by atoms with Crippen LogP contribution in [0.15, 0.2) is 22.7 Å². The Morgan fingerprint density at radius 2 is 2.10 bits per heavy atom. The van der Waals surface area contributed by atoms with Gasteiger partial charge in [0.1, 0.15) is 0 Å². The minimum atomic E-state index is 0.619. The molecular formula is C17H25BrClN. The van der Waals surface area contributed by atoms with Crippen molar-refractivity contribution in [2.24, 2.45) is 17.8 Å². The van der Waals surface area contributed by atoms with Crippen molar-refractivity contribution in [1.82, 2.24) is 5.32 Å². The number of benzene rings is 1. The Morgan fingerprint density at radius 1 is 1.35 bits per heavy atom. The standard InChI is InChI=1S/C17H25BrClN/c1-11(2)15-6-4-12(3)8-17(15)20-10-13-9-14(18)5-7-16(13)19/h5,7,9,11-12,15,17,20H,4,6,8,10H2,1-3H3. The monoisotopic (exact) mass is 357 g/mol. The van der Waals surface area contributed by atoms with Crippen LogP contribution in [0.4, 0.5) is 0 Å². The molecule has 1 aliphatic rings. The second-order valence-corrected chi connectivity index (χ2v) is 7.87. The van der Waals surface area contributed by atoms with Crippen LogP contribution in [-0.2, 0) is 6.54 Å². The van der Waals surface area contributed by atoms with Gasteiger partial charge in [-0.15, -0.1) is 0 Å². The minimum Gasteiger partial charge on any atom is -0.310 e. The maximum Gasteiger partial charge on any atom is 0.0451 e. The van der Waals surface area contributed by atoms with Crippen molar-refractivity contribution < 1.29 is 0 Å². The van der Waals surface area contributed by atoms with Crippen molar-refractivity contribution >= 4 is 27.5 Å². The van der Waals surface area contributed by atoms with Crippen LogP contribution >= 0.6 is 27.5 Å². The van der Waals surface area contributed by atoms with Crippen molar-refractivity contribution in [1.29, 1.82) is 0 Å². The Kier molecular flexibility index (Phi) is 5.95. The van der Waals surface area contributed by atoms with Crippen LogP contribution in [0.25, 0.3) is 0 Å². The van der Waals surface area contributed by atoms with E-state index in [0.717, 1.165) is 33.8 Å². The van der Waals surface area contributed by atoms with E-state index >= 15 is 0 Å². The molecule has 3 unspecified atom stereocenters. The van der Waals surface area contributed by atoms with Crippen molar-refractivity contribution in [3.8, 4) is 0 Å². The van der Waals surface area contributed by atoms with Gasteiger partial charge < -0.3 is 5.32 Å². The van der Waals surface area contributed by atoms with E-state index in [1.54, 1.807) is 0 Å². The van der Waals surface area contributed by atoms with Crippen LogP contribution in [-0.4, -0.2) is 6.04 Å². The lowest BCUT2D eigenvalue weighted by Crippen LogP contribution is -2.42. The Balaban J connectivity index is 2.01. The molecule has 1 aliphatic carbocycles. The SMILES string of the molecule is CC1CCC(C(C)C)C(NCc2cc(Br)ccc2Cl)C1. The van der Waals surface area contributed by atoms with Gasteiger partial charge in [-0.1, -0.05) is 54.7 Å². The highest BCUT2D eigenvalue weighted by atomic mass is 79.9. The smallest absolute Gasteiger partial charge is 0.0451 e. The van der Waals surface area contributed by atoms with E-state index in [1.165, 1.54) is 24.8 Å². The molecule has 3 atom stereocenters. The molecule has 0 radical (unpaired) electrons. The van der Waals surface area contributed by atoms with Crippen LogP contribution < -0.4 is 5.32 Å². The predicted octanol–water partition coefficient (Wildman–Crippen LogP) is 5.65. The van der Waals surface area contributed by atoms with Gasteiger partial charge >= 0.3 is 0 Å². The fourth-order valence-corrected chi connectivity index (χ4v) is 3.95. The molecule has 0 aliphatic heterocycles. The molecule has 1 saturated carbocycles. The quantitative estimate of drug-likeness (QED) is 0.733. The molecule has 0 amide bonds. The summed E-state index contributed by atoms with van der Waals surface area (Å²) in [5.41, 5.74) is 1.18. The number of hydrogen-bond donors (Lipinski definition) is 1. The summed E-state index contributed by atoms with van der Waals surface area (Å²) in [5.74, 6) is 2.37. The fraction of sp³-hybridized carbons (Fsp3) is 0.647. The van der Waals surface area contributed by atoms with Crippen molar-refractivity contribution in [3.63, 3.8) is 0 Å². The highest BCUT2D eigenvalue weighted by molar-refractivity contribution is 9.10. The summed E-state index contributed by atoms with van der Waals surface area (Å²) in [6, 6.07) is 6.69. The molecule has 1 aromatic carbocycles. The molecule has 1 fully saturated rings. The van der Waals surface area contributed by atoms with Gasteiger partial charge in [0.2, 0.25) is 0 Å². The normalized spacial score (nSPS) is 27.0. The molecule has 3 heteroatoms. The van der Waals surface area contributed by atoms with Gasteiger partial charge in [0.05, 0.1) is 0 Å². The van der Waals surface area contributed by atoms with E-state index in [-0.39, 0.29) is 0 Å². The van der Waals surface area contributed by atoms with Gasteiger partial charge in [0.25, 0.3) is 0 Å². The zero-order chi connectivity index (χ0) is 14.7. The largest absolute Gasteiger partial charge is 0.310 e. The zero-order valence-electron chi connectivity index (χ0n) is 12.6. The van der Waals surface area contributed by atoms with Gasteiger partial charge in [-0.2, -0.15) is 0 Å². The van der Waals surface area contributed by atoms with Gasteiger partial charge in [0.15, 0.2) is 0 Å². The first-order valence-corrected chi connectivity index (χ1v) is 8.81. The van der Waals surface area contributed by atoms with Gasteiger partial charge in [-0.05, 0) is 54.4 Å². The van der Waals surface area contributed by atoms with Crippen LogP contribution in [0, 0.1) is 17.8 Å². The Bertz CT molecular complexity index is 447. The summed E-state index contributed by atoms with van der Waals surface area (Å²) in [7, 11) is 0. The first-order chi connectivity index (χ1) is 9.47. The van der Waals surface area contributed by atoms with Crippen LogP contribution in [0.1, 0.15) is 45.6 Å². The number of nitrogens with one attached hydrogen (secondary N) is 1. The summed E-state index contributed by atoms with van der Waals surface area (Å²) in [5, 5.41) is 4.61. The first-order valence-electron chi connectivity index (χ1n) is 7.64. The van der Waals surface area contributed by atoms with E-state index in [1.807, 2.05) is 12.1 Å². The Morgan fingerprint density at radius 3 is 2.80 bits per heavy atom. The lowest BCUT2D eigenvalue weighted by atomic mass is 9.74. The fourth-order valence-electron chi connectivity index (χ4n) is 3.36. The third-order valence-corrected chi connectivity index (χ3v) is 5.45. The van der Waals surface area contributed by atoms with Crippen molar-refractivity contribution in [3.05, 3.63) is 33.3 Å². The lowest BCUT2D eigenvalue weighted by molar-refractivity contribution is 0.169. The molecule has 1 nitrogen and oxygen atoms in total. The maximum absolute atomic E-state index is 6.28. The van der Waals surface area contributed by atoms with Gasteiger partial charge in [-0.25, -0.2) is 0 Å². The molecule has 0 heterocycles. The highest BCUT2D eigenvalue weighted by Gasteiger charge is 2.30. The third-order valence-electron chi connectivity index (χ3n) is 4.58. The van der Waals surface area contributed by atoms with E-state index < -0.39 is 0 Å². The number of halogens is 2. The molecule has 0 saturated heterocycles. The molecule has 0 bridgehead atoms. The number of rotatable bonds is 4. The Hall–Kier alpha value is -0.0500. The summed E-state index contributed by atoms with van der Waals surface area (Å²) in [6.45, 7) is 7.93. The second-order valence-electron chi connectivity index (χ2n) is 6.55. The van der Waals surface area contributed by atoms with E-state index in [9.17, 15) is 0 Å². The lowest BCUT2D eigenvalue weighted by Gasteiger charge is -2.38. The first kappa shape index (κ1) is 16.3. The summed E-state index contributed by atoms with van der Waals surface area (Å²) >= 11 is 9.80. The summed E-state index contributed by atoms with van der Waals surface area (Å²) < 4.78 is 1.09. The molecular weight excluding hydrogens is 334 g/mol. The van der Waals surface area contributed by atoms with Gasteiger partial charge in [-0.3, -0.25) is 0 Å².